The molecule has 0 radical (unpaired) electrons. The summed E-state index contributed by atoms with van der Waals surface area (Å²) < 4.78 is 77.4. The molecule has 3 heterocycles. The number of nitrogens with zero attached hydrogens (tertiary/aromatic N) is 5. The number of alkyl halides is 3. The van der Waals surface area contributed by atoms with E-state index in [1.54, 1.807) is 7.05 Å². The predicted molar refractivity (Wildman–Crippen MR) is 118 cm³/mol. The summed E-state index contributed by atoms with van der Waals surface area (Å²) in [6, 6.07) is 4.10. The van der Waals surface area contributed by atoms with Gasteiger partial charge in [0, 0.05) is 37.9 Å². The van der Waals surface area contributed by atoms with Crippen molar-refractivity contribution in [2.45, 2.75) is 31.3 Å². The maximum absolute atomic E-state index is 12.9. The molecular formula is C18H19BClF3N6O5S. The van der Waals surface area contributed by atoms with E-state index in [0.29, 0.717) is 0 Å². The Labute approximate surface area is 203 Å². The summed E-state index contributed by atoms with van der Waals surface area (Å²) in [6.45, 7) is 1.99. The second-order valence-electron chi connectivity index (χ2n) is 7.22. The van der Waals surface area contributed by atoms with Crippen LogP contribution in [0.3, 0.4) is 0 Å². The summed E-state index contributed by atoms with van der Waals surface area (Å²) in [6.07, 6.45) is -2.82. The fourth-order valence-electron chi connectivity index (χ4n) is 2.90. The Morgan fingerprint density at radius 1 is 1.26 bits per heavy atom. The van der Waals surface area contributed by atoms with Crippen molar-refractivity contribution in [3.63, 3.8) is 0 Å². The number of carbonyl (C=O) groups is 1. The van der Waals surface area contributed by atoms with Crippen molar-refractivity contribution >= 4 is 40.1 Å². The van der Waals surface area contributed by atoms with Crippen LogP contribution >= 0.6 is 11.6 Å². The van der Waals surface area contributed by atoms with Gasteiger partial charge in [0.25, 0.3) is 5.97 Å². The number of hydrogen-bond donors (Lipinski definition) is 1. The van der Waals surface area contributed by atoms with Crippen LogP contribution in [-0.4, -0.2) is 58.8 Å². The molecular weight excluding hydrogens is 516 g/mol. The van der Waals surface area contributed by atoms with Crippen LogP contribution in [0.15, 0.2) is 35.5 Å². The molecule has 0 amide bonds. The zero-order chi connectivity index (χ0) is 26.0. The molecule has 0 saturated heterocycles. The third-order valence-corrected chi connectivity index (χ3v) is 6.19. The van der Waals surface area contributed by atoms with Gasteiger partial charge in [-0.25, -0.2) is 22.7 Å². The lowest BCUT2D eigenvalue weighted by molar-refractivity contribution is -0.139. The first-order valence-electron chi connectivity index (χ1n) is 9.87. The highest BCUT2D eigenvalue weighted by Crippen LogP contribution is 2.20. The number of rotatable bonds is 9. The molecule has 11 nitrogen and oxygen atoms in total. The first-order chi connectivity index (χ1) is 16.2. The Hall–Kier alpha value is -3.11. The molecule has 0 unspecified atom stereocenters. The number of pyridine rings is 1. The summed E-state index contributed by atoms with van der Waals surface area (Å²) in [5, 5.41) is 7.75. The number of nitrogens with one attached hydrogen (secondary N) is 1. The van der Waals surface area contributed by atoms with Crippen molar-refractivity contribution in [2.75, 3.05) is 6.61 Å². The van der Waals surface area contributed by atoms with Crippen molar-refractivity contribution in [3.8, 4) is 11.7 Å². The number of carbonyl (C=O) groups excluding carboxylic acids is 1. The largest absolute Gasteiger partial charge is 0.515 e. The average Bonchev–Trinajstić information content (AvgIpc) is 3.32. The van der Waals surface area contributed by atoms with E-state index < -0.39 is 42.2 Å². The highest BCUT2D eigenvalue weighted by Gasteiger charge is 2.34. The highest BCUT2D eigenvalue weighted by atomic mass is 35.5. The van der Waals surface area contributed by atoms with Crippen LogP contribution < -0.4 is 14.8 Å². The van der Waals surface area contributed by atoms with E-state index in [1.165, 1.54) is 46.9 Å². The molecule has 35 heavy (non-hydrogen) atoms. The van der Waals surface area contributed by atoms with Gasteiger partial charge in [-0.3, -0.25) is 9.48 Å². The molecule has 0 saturated carbocycles. The minimum absolute atomic E-state index is 0.0320. The maximum Gasteiger partial charge on any atom is 0.502 e. The summed E-state index contributed by atoms with van der Waals surface area (Å²) in [5.74, 6) is -0.695. The third-order valence-electron chi connectivity index (χ3n) is 4.38. The maximum atomic E-state index is 12.9. The molecule has 0 aliphatic carbocycles. The zero-order valence-electron chi connectivity index (χ0n) is 18.6. The van der Waals surface area contributed by atoms with Crippen LogP contribution in [0.4, 0.5) is 13.2 Å². The topological polar surface area (TPSA) is 130 Å². The Bertz CT molecular complexity index is 1330. The van der Waals surface area contributed by atoms with Crippen molar-refractivity contribution in [1.82, 2.24) is 29.2 Å². The van der Waals surface area contributed by atoms with E-state index in [1.807, 2.05) is 0 Å². The molecule has 3 rings (SSSR count). The smallest absolute Gasteiger partial charge is 0.502 e. The Morgan fingerprint density at radius 2 is 1.97 bits per heavy atom. The van der Waals surface area contributed by atoms with Gasteiger partial charge in [-0.1, -0.05) is 17.7 Å². The van der Waals surface area contributed by atoms with Gasteiger partial charge < -0.3 is 9.39 Å². The molecule has 1 N–H and O–H groups in total. The molecule has 0 aliphatic heterocycles. The number of aromatic nitrogens is 5. The molecule has 17 heteroatoms. The fraction of sp³-hybridized carbons (Fsp3) is 0.333. The second kappa shape index (κ2) is 10.3. The average molecular weight is 535 g/mol. The molecule has 0 bridgehead atoms. The zero-order valence-corrected chi connectivity index (χ0v) is 20.1. The second-order valence-corrected chi connectivity index (χ2v) is 9.27. The number of hydrogen-bond acceptors (Lipinski definition) is 8. The minimum Gasteiger partial charge on any atom is -0.515 e. The van der Waals surface area contributed by atoms with Crippen LogP contribution in [0.1, 0.15) is 19.0 Å². The summed E-state index contributed by atoms with van der Waals surface area (Å²) in [7, 11) is -4.13. The van der Waals surface area contributed by atoms with Gasteiger partial charge in [0.05, 0.1) is 18.7 Å². The first kappa shape index (κ1) is 26.5. The molecule has 188 valence electrons. The van der Waals surface area contributed by atoms with Crippen LogP contribution in [0, 0.1) is 6.92 Å². The Morgan fingerprint density at radius 3 is 2.54 bits per heavy atom. The SMILES string of the molecule is CC(=O)OB(NS(=O)(=O)c1cn(C)nc1C)c1ccc(-n2ccc(OCCC(F)(F)F)n2)nc1Cl. The van der Waals surface area contributed by atoms with Crippen LogP contribution in [0.2, 0.25) is 5.15 Å². The van der Waals surface area contributed by atoms with Crippen LogP contribution in [0.5, 0.6) is 5.88 Å². The van der Waals surface area contributed by atoms with Gasteiger partial charge in [-0.2, -0.15) is 18.3 Å². The van der Waals surface area contributed by atoms with Gasteiger partial charge >= 0.3 is 13.2 Å². The normalized spacial score (nSPS) is 12.0. The van der Waals surface area contributed by atoms with E-state index in [4.69, 9.17) is 21.0 Å². The van der Waals surface area contributed by atoms with Crippen LogP contribution in [0.25, 0.3) is 5.82 Å². The molecule has 3 aromatic rings. The number of halogens is 4. The number of ether oxygens (including phenoxy) is 1. The van der Waals surface area contributed by atoms with Gasteiger partial charge in [0.2, 0.25) is 15.9 Å². The lowest BCUT2D eigenvalue weighted by Gasteiger charge is -2.16. The standard InChI is InChI=1S/C18H19BClF3N6O5S/c1-11-14(10-28(3)25-11)35(31,32)27-19(34-12(2)30)13-4-5-15(24-17(13)20)29-8-6-16(26-29)33-9-7-18(21,22)23/h4-6,8,10,27H,7,9H2,1-3H3. The quantitative estimate of drug-likeness (QED) is 0.323. The molecule has 0 spiro atoms. The molecule has 0 atom stereocenters. The van der Waals surface area contributed by atoms with Crippen molar-refractivity contribution < 1.29 is 35.8 Å². The third kappa shape index (κ3) is 6.96. The lowest BCUT2D eigenvalue weighted by Crippen LogP contribution is -2.51. The van der Waals surface area contributed by atoms with E-state index in [-0.39, 0.29) is 32.9 Å². The van der Waals surface area contributed by atoms with E-state index in [9.17, 15) is 26.4 Å². The van der Waals surface area contributed by atoms with Crippen molar-refractivity contribution in [2.24, 2.45) is 7.05 Å². The van der Waals surface area contributed by atoms with Gasteiger partial charge in [-0.05, 0) is 13.0 Å². The molecule has 0 aromatic carbocycles. The summed E-state index contributed by atoms with van der Waals surface area (Å²) in [4.78, 5) is 15.6. The van der Waals surface area contributed by atoms with Crippen LogP contribution in [-0.2, 0) is 26.5 Å². The van der Waals surface area contributed by atoms with Gasteiger partial charge in [0.1, 0.15) is 10.0 Å². The number of aryl methyl sites for hydroxylation is 2. The summed E-state index contributed by atoms with van der Waals surface area (Å²) >= 11 is 6.26. The fourth-order valence-corrected chi connectivity index (χ4v) is 4.46. The lowest BCUT2D eigenvalue weighted by atomic mass is 9.76. The monoisotopic (exact) mass is 534 g/mol. The van der Waals surface area contributed by atoms with Crippen molar-refractivity contribution in [3.05, 3.63) is 41.4 Å². The van der Waals surface area contributed by atoms with E-state index >= 15 is 0 Å². The molecule has 0 fully saturated rings. The molecule has 3 aromatic heterocycles. The summed E-state index contributed by atoms with van der Waals surface area (Å²) in [5.41, 5.74) is 0.262. The van der Waals surface area contributed by atoms with Gasteiger partial charge in [0.15, 0.2) is 5.82 Å². The Kier molecular flexibility index (Phi) is 7.76. The van der Waals surface area contributed by atoms with E-state index in [0.717, 1.165) is 6.92 Å². The molecule has 0 aliphatic rings. The van der Waals surface area contributed by atoms with Gasteiger partial charge in [-0.15, -0.1) is 5.10 Å². The number of sulfonamides is 1. The highest BCUT2D eigenvalue weighted by molar-refractivity contribution is 7.90. The van der Waals surface area contributed by atoms with Crippen molar-refractivity contribution in [1.29, 1.82) is 0 Å². The minimum atomic E-state index is -4.36. The van der Waals surface area contributed by atoms with E-state index in [2.05, 4.69) is 19.8 Å². The predicted octanol–water partition coefficient (Wildman–Crippen LogP) is 1.53. The Balaban J connectivity index is 1.82. The first-order valence-corrected chi connectivity index (χ1v) is 11.7.